The number of fused-ring (bicyclic) bond motifs is 2. The minimum Gasteiger partial charge on any atom is -0.493 e. The lowest BCUT2D eigenvalue weighted by Gasteiger charge is -2.23. The molecule has 132 valence electrons. The first-order valence-corrected chi connectivity index (χ1v) is 9.06. The summed E-state index contributed by atoms with van der Waals surface area (Å²) in [6.07, 6.45) is 0. The second kappa shape index (κ2) is 6.18. The fourth-order valence-electron chi connectivity index (χ4n) is 3.25. The predicted molar refractivity (Wildman–Crippen MR) is 94.9 cm³/mol. The van der Waals surface area contributed by atoms with Crippen molar-refractivity contribution >= 4 is 23.5 Å². The Kier molecular flexibility index (Phi) is 3.99. The summed E-state index contributed by atoms with van der Waals surface area (Å²) < 4.78 is 18.7. The number of amides is 1. The van der Waals surface area contributed by atoms with Crippen LogP contribution in [0.2, 0.25) is 0 Å². The quantitative estimate of drug-likeness (QED) is 0.885. The van der Waals surface area contributed by atoms with Gasteiger partial charge >= 0.3 is 0 Å². The molecule has 0 bridgehead atoms. The molecule has 1 aromatic carbocycles. The van der Waals surface area contributed by atoms with Crippen LogP contribution in [-0.4, -0.2) is 41.8 Å². The monoisotopic (exact) mass is 361 g/mol. The van der Waals surface area contributed by atoms with Crippen LogP contribution in [0.25, 0.3) is 0 Å². The van der Waals surface area contributed by atoms with Crippen LogP contribution in [0.5, 0.6) is 17.2 Å². The first-order chi connectivity index (χ1) is 12.1. The van der Waals surface area contributed by atoms with Crippen molar-refractivity contribution in [3.63, 3.8) is 0 Å². The molecule has 0 fully saturated rings. The van der Waals surface area contributed by atoms with Gasteiger partial charge in [-0.2, -0.15) is 5.10 Å². The summed E-state index contributed by atoms with van der Waals surface area (Å²) in [5, 5.41) is 7.38. The maximum absolute atomic E-state index is 12.1. The summed E-state index contributed by atoms with van der Waals surface area (Å²) in [4.78, 5) is 12.1. The maximum atomic E-state index is 12.1. The van der Waals surface area contributed by atoms with E-state index in [0.717, 1.165) is 22.6 Å². The van der Waals surface area contributed by atoms with Crippen LogP contribution in [0.3, 0.4) is 0 Å². The molecule has 2 aromatic rings. The molecule has 0 saturated heterocycles. The van der Waals surface area contributed by atoms with Gasteiger partial charge in [-0.25, -0.2) is 0 Å². The lowest BCUT2D eigenvalue weighted by molar-refractivity contribution is -0.113. The molecular weight excluding hydrogens is 342 g/mol. The smallest absolute Gasteiger partial charge is 0.235 e. The van der Waals surface area contributed by atoms with Crippen molar-refractivity contribution in [3.8, 4) is 17.2 Å². The van der Waals surface area contributed by atoms with Crippen molar-refractivity contribution in [2.24, 2.45) is 7.05 Å². The predicted octanol–water partition coefficient (Wildman–Crippen LogP) is 2.28. The lowest BCUT2D eigenvalue weighted by Crippen LogP contribution is -2.16. The number of anilines is 1. The van der Waals surface area contributed by atoms with E-state index < -0.39 is 0 Å². The molecule has 3 heterocycles. The van der Waals surface area contributed by atoms with Crippen molar-refractivity contribution < 1.29 is 19.0 Å². The second-order valence-electron chi connectivity index (χ2n) is 5.96. The molecule has 7 nitrogen and oxygen atoms in total. The Bertz CT molecular complexity index is 832. The van der Waals surface area contributed by atoms with Gasteiger partial charge in [0.2, 0.25) is 11.7 Å². The average Bonchev–Trinajstić information content (AvgIpc) is 2.79. The fourth-order valence-corrected chi connectivity index (χ4v) is 4.42. The van der Waals surface area contributed by atoms with E-state index in [0.29, 0.717) is 36.2 Å². The third-order valence-corrected chi connectivity index (χ3v) is 5.59. The van der Waals surface area contributed by atoms with E-state index in [1.807, 2.05) is 26.1 Å². The van der Waals surface area contributed by atoms with Crippen LogP contribution in [0.4, 0.5) is 5.82 Å². The Morgan fingerprint density at radius 3 is 2.96 bits per heavy atom. The summed E-state index contributed by atoms with van der Waals surface area (Å²) >= 11 is 1.57. The van der Waals surface area contributed by atoms with Gasteiger partial charge in [-0.3, -0.25) is 9.48 Å². The number of hydrogen-bond acceptors (Lipinski definition) is 6. The SMILES string of the molecule is COc1cc([C@H]2SCC(=O)Nc3c2c(C)nn3C)cc2c1OCCO2. The number of methoxy groups -OCH3 is 1. The zero-order valence-electron chi connectivity index (χ0n) is 14.3. The molecule has 8 heteroatoms. The Labute approximate surface area is 149 Å². The van der Waals surface area contributed by atoms with Crippen LogP contribution in [0.15, 0.2) is 12.1 Å². The Hall–Kier alpha value is -2.35. The van der Waals surface area contributed by atoms with Crippen LogP contribution in [-0.2, 0) is 11.8 Å². The molecule has 0 aliphatic carbocycles. The molecule has 0 unspecified atom stereocenters. The number of aryl methyl sites for hydroxylation is 2. The molecule has 0 radical (unpaired) electrons. The Balaban J connectivity index is 1.86. The number of carbonyl (C=O) groups excluding carboxylic acids is 1. The average molecular weight is 361 g/mol. The number of rotatable bonds is 2. The lowest BCUT2D eigenvalue weighted by atomic mass is 10.0. The third-order valence-electron chi connectivity index (χ3n) is 4.32. The minimum absolute atomic E-state index is 0.0266. The molecule has 25 heavy (non-hydrogen) atoms. The summed E-state index contributed by atoms with van der Waals surface area (Å²) in [6.45, 7) is 2.97. The van der Waals surface area contributed by atoms with Crippen LogP contribution >= 0.6 is 11.8 Å². The molecule has 2 aliphatic heterocycles. The van der Waals surface area contributed by atoms with E-state index in [-0.39, 0.29) is 11.2 Å². The van der Waals surface area contributed by atoms with Gasteiger partial charge in [-0.1, -0.05) is 0 Å². The highest BCUT2D eigenvalue weighted by Gasteiger charge is 2.31. The van der Waals surface area contributed by atoms with Gasteiger partial charge in [0.05, 0.1) is 23.8 Å². The fraction of sp³-hybridized carbons (Fsp3) is 0.412. The first kappa shape index (κ1) is 16.1. The van der Waals surface area contributed by atoms with Gasteiger partial charge in [0.15, 0.2) is 11.5 Å². The normalized spacial score (nSPS) is 19.0. The van der Waals surface area contributed by atoms with Gasteiger partial charge in [0.25, 0.3) is 0 Å². The number of nitrogens with zero attached hydrogens (tertiary/aromatic N) is 2. The van der Waals surface area contributed by atoms with E-state index in [1.165, 1.54) is 0 Å². The standard InChI is InChI=1S/C17H19N3O4S/c1-9-14-16(25-8-13(21)18-17(14)20(2)19-9)10-6-11(22-3)15-12(7-10)23-4-5-24-15/h6-7,16H,4-5,8H2,1-3H3,(H,18,21)/t16-/m1/s1. The summed E-state index contributed by atoms with van der Waals surface area (Å²) in [5.41, 5.74) is 2.91. The van der Waals surface area contributed by atoms with E-state index in [2.05, 4.69) is 10.4 Å². The van der Waals surface area contributed by atoms with Crippen LogP contribution in [0, 0.1) is 6.92 Å². The van der Waals surface area contributed by atoms with Crippen LogP contribution < -0.4 is 19.5 Å². The van der Waals surface area contributed by atoms with Crippen molar-refractivity contribution in [2.45, 2.75) is 12.2 Å². The minimum atomic E-state index is -0.0487. The molecule has 4 rings (SSSR count). The molecule has 0 saturated carbocycles. The number of nitrogens with one attached hydrogen (secondary N) is 1. The number of benzene rings is 1. The first-order valence-electron chi connectivity index (χ1n) is 8.01. The van der Waals surface area contributed by atoms with Gasteiger partial charge in [0, 0.05) is 12.6 Å². The molecule has 1 atom stereocenters. The van der Waals surface area contributed by atoms with E-state index in [4.69, 9.17) is 14.2 Å². The van der Waals surface area contributed by atoms with Gasteiger partial charge in [-0.15, -0.1) is 11.8 Å². The zero-order chi connectivity index (χ0) is 17.6. The molecule has 1 aromatic heterocycles. The molecule has 2 aliphatic rings. The van der Waals surface area contributed by atoms with Crippen molar-refractivity contribution in [3.05, 3.63) is 29.0 Å². The molecule has 1 amide bonds. The van der Waals surface area contributed by atoms with Gasteiger partial charge in [0.1, 0.15) is 19.0 Å². The van der Waals surface area contributed by atoms with E-state index in [1.54, 1.807) is 23.6 Å². The Morgan fingerprint density at radius 2 is 2.16 bits per heavy atom. The highest BCUT2D eigenvalue weighted by Crippen LogP contribution is 2.48. The highest BCUT2D eigenvalue weighted by atomic mass is 32.2. The Morgan fingerprint density at radius 1 is 1.36 bits per heavy atom. The molecular formula is C17H19N3O4S. The van der Waals surface area contributed by atoms with Crippen molar-refractivity contribution in [1.29, 1.82) is 0 Å². The molecule has 1 N–H and O–H groups in total. The van der Waals surface area contributed by atoms with Gasteiger partial charge in [-0.05, 0) is 24.6 Å². The number of hydrogen-bond donors (Lipinski definition) is 1. The van der Waals surface area contributed by atoms with Crippen molar-refractivity contribution in [2.75, 3.05) is 31.4 Å². The number of ether oxygens (including phenoxy) is 3. The number of thioether (sulfide) groups is 1. The summed E-state index contributed by atoms with van der Waals surface area (Å²) in [7, 11) is 3.45. The van der Waals surface area contributed by atoms with Crippen LogP contribution in [0.1, 0.15) is 22.1 Å². The highest BCUT2D eigenvalue weighted by molar-refractivity contribution is 8.00. The third kappa shape index (κ3) is 2.70. The van der Waals surface area contributed by atoms with E-state index >= 15 is 0 Å². The zero-order valence-corrected chi connectivity index (χ0v) is 15.1. The summed E-state index contributed by atoms with van der Waals surface area (Å²) in [5.74, 6) is 3.03. The van der Waals surface area contributed by atoms with Gasteiger partial charge < -0.3 is 19.5 Å². The largest absolute Gasteiger partial charge is 0.493 e. The number of aromatic nitrogens is 2. The van der Waals surface area contributed by atoms with Crippen molar-refractivity contribution in [1.82, 2.24) is 9.78 Å². The number of carbonyl (C=O) groups is 1. The second-order valence-corrected chi connectivity index (χ2v) is 7.05. The maximum Gasteiger partial charge on any atom is 0.235 e. The van der Waals surface area contributed by atoms with E-state index in [9.17, 15) is 4.79 Å². The molecule has 0 spiro atoms. The summed E-state index contributed by atoms with van der Waals surface area (Å²) in [6, 6.07) is 3.93. The topological polar surface area (TPSA) is 74.6 Å².